The van der Waals surface area contributed by atoms with E-state index < -0.39 is 0 Å². The average molecular weight is 238 g/mol. The van der Waals surface area contributed by atoms with Crippen LogP contribution in [-0.2, 0) is 9.59 Å². The highest BCUT2D eigenvalue weighted by Gasteiger charge is 2.47. The van der Waals surface area contributed by atoms with E-state index in [2.05, 4.69) is 6.92 Å². The first-order valence-electron chi connectivity index (χ1n) is 6.76. The van der Waals surface area contributed by atoms with Crippen molar-refractivity contribution < 1.29 is 9.59 Å². The molecule has 1 heterocycles. The third kappa shape index (κ3) is 2.23. The van der Waals surface area contributed by atoms with Crippen molar-refractivity contribution in [3.8, 4) is 0 Å². The Hall–Kier alpha value is -0.900. The highest BCUT2D eigenvalue weighted by atomic mass is 16.2. The molecule has 2 fully saturated rings. The molecule has 0 spiro atoms. The summed E-state index contributed by atoms with van der Waals surface area (Å²) in [6, 6.07) is -0.0710. The van der Waals surface area contributed by atoms with Gasteiger partial charge >= 0.3 is 0 Å². The molecule has 2 N–H and O–H groups in total. The topological polar surface area (TPSA) is 63.4 Å². The lowest BCUT2D eigenvalue weighted by Crippen LogP contribution is -2.53. The lowest BCUT2D eigenvalue weighted by Gasteiger charge is -2.35. The maximum absolute atomic E-state index is 12.2. The van der Waals surface area contributed by atoms with E-state index in [4.69, 9.17) is 5.73 Å². The number of unbranched alkanes of at least 4 members (excludes halogenated alkanes) is 1. The predicted molar refractivity (Wildman–Crippen MR) is 65.1 cm³/mol. The Morgan fingerprint density at radius 2 is 1.88 bits per heavy atom. The Morgan fingerprint density at radius 1 is 1.29 bits per heavy atom. The molecule has 3 unspecified atom stereocenters. The molecule has 2 rings (SSSR count). The minimum Gasteiger partial charge on any atom is -0.328 e. The molecule has 0 aromatic heterocycles. The van der Waals surface area contributed by atoms with Crippen molar-refractivity contribution >= 4 is 11.8 Å². The summed E-state index contributed by atoms with van der Waals surface area (Å²) in [5.41, 5.74) is 5.73. The summed E-state index contributed by atoms with van der Waals surface area (Å²) in [6.45, 7) is 2.51. The third-order valence-electron chi connectivity index (χ3n) is 4.13. The van der Waals surface area contributed by atoms with Crippen molar-refractivity contribution in [2.75, 3.05) is 6.54 Å². The quantitative estimate of drug-likeness (QED) is 0.734. The second kappa shape index (κ2) is 5.17. The van der Waals surface area contributed by atoms with Gasteiger partial charge in [-0.15, -0.1) is 0 Å². The molecule has 1 aliphatic carbocycles. The van der Waals surface area contributed by atoms with Crippen LogP contribution in [0, 0.1) is 11.8 Å². The molecular weight excluding hydrogens is 216 g/mol. The van der Waals surface area contributed by atoms with Gasteiger partial charge in [-0.1, -0.05) is 19.8 Å². The van der Waals surface area contributed by atoms with Crippen molar-refractivity contribution in [3.63, 3.8) is 0 Å². The summed E-state index contributed by atoms with van der Waals surface area (Å²) in [5, 5.41) is 0. The molecule has 0 radical (unpaired) electrons. The number of likely N-dealkylation sites (tertiary alicyclic amines) is 1. The van der Waals surface area contributed by atoms with E-state index in [1.165, 1.54) is 4.90 Å². The Kier molecular flexibility index (Phi) is 3.82. The summed E-state index contributed by atoms with van der Waals surface area (Å²) in [5.74, 6) is 0.257. The fourth-order valence-corrected chi connectivity index (χ4v) is 3.08. The van der Waals surface area contributed by atoms with E-state index in [1.807, 2.05) is 0 Å². The molecule has 0 aromatic carbocycles. The van der Waals surface area contributed by atoms with Crippen molar-refractivity contribution in [2.24, 2.45) is 17.6 Å². The predicted octanol–water partition coefficient (Wildman–Crippen LogP) is 1.29. The first-order valence-corrected chi connectivity index (χ1v) is 6.76. The Morgan fingerprint density at radius 3 is 2.35 bits per heavy atom. The van der Waals surface area contributed by atoms with Crippen molar-refractivity contribution in [1.82, 2.24) is 4.90 Å². The highest BCUT2D eigenvalue weighted by molar-refractivity contribution is 6.01. The van der Waals surface area contributed by atoms with Gasteiger partial charge in [-0.3, -0.25) is 14.5 Å². The number of nitrogens with zero attached hydrogens (tertiary/aromatic N) is 1. The van der Waals surface area contributed by atoms with E-state index >= 15 is 0 Å². The minimum atomic E-state index is -0.0710. The fraction of sp³-hybridized carbons (Fsp3) is 0.846. The fourth-order valence-electron chi connectivity index (χ4n) is 3.08. The number of hydrogen-bond acceptors (Lipinski definition) is 3. The number of amides is 2. The van der Waals surface area contributed by atoms with Gasteiger partial charge in [-0.25, -0.2) is 0 Å². The summed E-state index contributed by atoms with van der Waals surface area (Å²) in [7, 11) is 0. The summed E-state index contributed by atoms with van der Waals surface area (Å²) in [4.78, 5) is 25.9. The maximum Gasteiger partial charge on any atom is 0.232 e. The lowest BCUT2D eigenvalue weighted by molar-refractivity contribution is -0.155. The van der Waals surface area contributed by atoms with Gasteiger partial charge < -0.3 is 5.73 Å². The minimum absolute atomic E-state index is 0.0373. The molecule has 2 amide bonds. The smallest absolute Gasteiger partial charge is 0.232 e. The van der Waals surface area contributed by atoms with Gasteiger partial charge in [-0.2, -0.15) is 0 Å². The van der Waals surface area contributed by atoms with Gasteiger partial charge in [-0.05, 0) is 25.7 Å². The molecule has 17 heavy (non-hydrogen) atoms. The largest absolute Gasteiger partial charge is 0.328 e. The lowest BCUT2D eigenvalue weighted by atomic mass is 9.94. The van der Waals surface area contributed by atoms with E-state index in [9.17, 15) is 9.59 Å². The van der Waals surface area contributed by atoms with Gasteiger partial charge in [0.05, 0.1) is 6.04 Å². The van der Waals surface area contributed by atoms with Gasteiger partial charge in [0.25, 0.3) is 0 Å². The number of carbonyl (C=O) groups excluding carboxylic acids is 2. The van der Waals surface area contributed by atoms with E-state index in [0.29, 0.717) is 6.54 Å². The standard InChI is InChI=1S/C13H22N2O2/c1-2-3-4-11(8-14)15-12(16)9-5-6-10(7-9)13(15)17/h9-11H,2-8,14H2,1H3. The second-order valence-corrected chi connectivity index (χ2v) is 5.29. The normalized spacial score (nSPS) is 29.9. The molecule has 4 nitrogen and oxygen atoms in total. The number of nitrogens with two attached hydrogens (primary N) is 1. The summed E-state index contributed by atoms with van der Waals surface area (Å²) >= 11 is 0. The molecule has 4 heteroatoms. The number of rotatable bonds is 5. The molecule has 2 bridgehead atoms. The summed E-state index contributed by atoms with van der Waals surface area (Å²) < 4.78 is 0. The Balaban J connectivity index is 2.11. The number of hydrogen-bond donors (Lipinski definition) is 1. The Bertz CT molecular complexity index is 295. The molecule has 1 saturated heterocycles. The van der Waals surface area contributed by atoms with Crippen LogP contribution in [0.4, 0.5) is 0 Å². The van der Waals surface area contributed by atoms with Crippen LogP contribution in [-0.4, -0.2) is 29.3 Å². The highest BCUT2D eigenvalue weighted by Crippen LogP contribution is 2.39. The van der Waals surface area contributed by atoms with Gasteiger partial charge in [0.1, 0.15) is 0 Å². The molecule has 3 atom stereocenters. The van der Waals surface area contributed by atoms with Crippen molar-refractivity contribution in [3.05, 3.63) is 0 Å². The van der Waals surface area contributed by atoms with E-state index in [0.717, 1.165) is 38.5 Å². The molecular formula is C13H22N2O2. The molecule has 0 aromatic rings. The van der Waals surface area contributed by atoms with Crippen LogP contribution in [0.25, 0.3) is 0 Å². The van der Waals surface area contributed by atoms with Crippen molar-refractivity contribution in [1.29, 1.82) is 0 Å². The van der Waals surface area contributed by atoms with Crippen LogP contribution >= 0.6 is 0 Å². The second-order valence-electron chi connectivity index (χ2n) is 5.29. The molecule has 1 aliphatic heterocycles. The first-order chi connectivity index (χ1) is 8.19. The SMILES string of the molecule is CCCCC(CN)N1C(=O)C2CCC(C2)C1=O. The van der Waals surface area contributed by atoms with Gasteiger partial charge in [0, 0.05) is 18.4 Å². The number of piperidine rings is 1. The van der Waals surface area contributed by atoms with Crippen LogP contribution in [0.3, 0.4) is 0 Å². The van der Waals surface area contributed by atoms with Crippen LogP contribution in [0.15, 0.2) is 0 Å². The van der Waals surface area contributed by atoms with E-state index in [1.54, 1.807) is 0 Å². The monoisotopic (exact) mass is 238 g/mol. The molecule has 96 valence electrons. The number of carbonyl (C=O) groups is 2. The van der Waals surface area contributed by atoms with E-state index in [-0.39, 0.29) is 29.7 Å². The maximum atomic E-state index is 12.2. The molecule has 1 saturated carbocycles. The zero-order chi connectivity index (χ0) is 12.4. The van der Waals surface area contributed by atoms with Crippen LogP contribution in [0.1, 0.15) is 45.4 Å². The van der Waals surface area contributed by atoms with Crippen LogP contribution < -0.4 is 5.73 Å². The van der Waals surface area contributed by atoms with Crippen LogP contribution in [0.2, 0.25) is 0 Å². The van der Waals surface area contributed by atoms with Crippen molar-refractivity contribution in [2.45, 2.75) is 51.5 Å². The zero-order valence-electron chi connectivity index (χ0n) is 10.5. The average Bonchev–Trinajstić information content (AvgIpc) is 2.78. The first kappa shape index (κ1) is 12.6. The van der Waals surface area contributed by atoms with Gasteiger partial charge in [0.15, 0.2) is 0 Å². The molecule has 2 aliphatic rings. The Labute approximate surface area is 103 Å². The third-order valence-corrected chi connectivity index (χ3v) is 4.13. The number of imide groups is 1. The summed E-state index contributed by atoms with van der Waals surface area (Å²) in [6.07, 6.45) is 5.49. The van der Waals surface area contributed by atoms with Crippen LogP contribution in [0.5, 0.6) is 0 Å². The number of fused-ring (bicyclic) bond motifs is 2. The van der Waals surface area contributed by atoms with Gasteiger partial charge in [0.2, 0.25) is 11.8 Å². The zero-order valence-corrected chi connectivity index (χ0v) is 10.5.